The highest BCUT2D eigenvalue weighted by Crippen LogP contribution is 2.35. The van der Waals surface area contributed by atoms with Gasteiger partial charge in [-0.25, -0.2) is 9.50 Å². The van der Waals surface area contributed by atoms with Crippen molar-refractivity contribution in [3.63, 3.8) is 0 Å². The quantitative estimate of drug-likeness (QED) is 0.442. The summed E-state index contributed by atoms with van der Waals surface area (Å²) in [7, 11) is 0. The number of rotatable bonds is 4. The Morgan fingerprint density at radius 2 is 2.09 bits per heavy atom. The molecule has 1 atom stereocenters. The van der Waals surface area contributed by atoms with E-state index in [0.717, 1.165) is 22.6 Å². The van der Waals surface area contributed by atoms with Gasteiger partial charge in [0.05, 0.1) is 23.2 Å². The van der Waals surface area contributed by atoms with E-state index in [4.69, 9.17) is 9.52 Å². The predicted molar refractivity (Wildman–Crippen MR) is 122 cm³/mol. The summed E-state index contributed by atoms with van der Waals surface area (Å²) in [5.41, 5.74) is 5.22. The number of H-pyrrole nitrogens is 1. The van der Waals surface area contributed by atoms with Gasteiger partial charge >= 0.3 is 11.8 Å². The first kappa shape index (κ1) is 20.3. The fourth-order valence-electron chi connectivity index (χ4n) is 4.50. The maximum atomic E-state index is 13.6. The number of carbonyl (C=O) groups is 1. The zero-order chi connectivity index (χ0) is 23.2. The molecule has 0 saturated carbocycles. The third-order valence-electron chi connectivity index (χ3n) is 6.13. The summed E-state index contributed by atoms with van der Waals surface area (Å²) in [5, 5.41) is 12.9. The Balaban J connectivity index is 1.42. The molecule has 5 aromatic heterocycles. The molecule has 34 heavy (non-hydrogen) atoms. The number of aromatic amines is 1. The highest BCUT2D eigenvalue weighted by Gasteiger charge is 2.38. The Hall–Kier alpha value is -4.34. The number of imidazole rings is 1. The van der Waals surface area contributed by atoms with Crippen molar-refractivity contribution < 1.29 is 9.21 Å². The van der Waals surface area contributed by atoms with Gasteiger partial charge in [0.25, 0.3) is 5.89 Å². The summed E-state index contributed by atoms with van der Waals surface area (Å²) in [4.78, 5) is 27.3. The lowest BCUT2D eigenvalue weighted by molar-refractivity contribution is 0.0646. The largest absolute Gasteiger partial charge is 0.411 e. The number of nitrogens with one attached hydrogen (secondary N) is 1. The second-order valence-electron chi connectivity index (χ2n) is 8.56. The van der Waals surface area contributed by atoms with E-state index in [0.29, 0.717) is 24.6 Å². The number of hydrogen-bond donors (Lipinski definition) is 1. The van der Waals surface area contributed by atoms with Crippen LogP contribution in [0.25, 0.3) is 17.1 Å². The molecule has 10 nitrogen and oxygen atoms in total. The van der Waals surface area contributed by atoms with Crippen molar-refractivity contribution in [2.75, 3.05) is 6.54 Å². The molecule has 0 radical (unpaired) electrons. The fraction of sp³-hybridized carbons (Fsp3) is 0.250. The second kappa shape index (κ2) is 7.91. The average molecular weight is 454 g/mol. The molecular weight excluding hydrogens is 432 g/mol. The van der Waals surface area contributed by atoms with Crippen LogP contribution in [-0.4, -0.2) is 52.1 Å². The first-order chi connectivity index (χ1) is 16.6. The SMILES string of the molecule is CC(C)c1cccn2nc([C@H]3c4nc[nH]c4CCN3C(=O)c3nnc(-c4ccccn4)o3)cc12. The minimum atomic E-state index is -0.479. The van der Waals surface area contributed by atoms with Crippen molar-refractivity contribution in [3.8, 4) is 11.6 Å². The van der Waals surface area contributed by atoms with E-state index in [9.17, 15) is 4.79 Å². The van der Waals surface area contributed by atoms with E-state index in [1.807, 2.05) is 28.9 Å². The number of hydrogen-bond acceptors (Lipinski definition) is 7. The fourth-order valence-corrected chi connectivity index (χ4v) is 4.50. The molecule has 0 aromatic carbocycles. The van der Waals surface area contributed by atoms with Crippen LogP contribution in [0.4, 0.5) is 0 Å². The van der Waals surface area contributed by atoms with Crippen LogP contribution in [0.2, 0.25) is 0 Å². The number of carbonyl (C=O) groups excluding carboxylic acids is 1. The summed E-state index contributed by atoms with van der Waals surface area (Å²) in [6.45, 7) is 4.77. The molecule has 0 bridgehead atoms. The van der Waals surface area contributed by atoms with Crippen LogP contribution in [0.15, 0.2) is 59.5 Å². The van der Waals surface area contributed by atoms with Crippen molar-refractivity contribution in [3.05, 3.63) is 83.7 Å². The maximum absolute atomic E-state index is 13.6. The second-order valence-corrected chi connectivity index (χ2v) is 8.56. The van der Waals surface area contributed by atoms with Crippen LogP contribution >= 0.6 is 0 Å². The van der Waals surface area contributed by atoms with Gasteiger partial charge < -0.3 is 14.3 Å². The summed E-state index contributed by atoms with van der Waals surface area (Å²) < 4.78 is 7.58. The smallest absolute Gasteiger partial charge is 0.312 e. The molecule has 10 heteroatoms. The van der Waals surface area contributed by atoms with Crippen LogP contribution in [0.3, 0.4) is 0 Å². The van der Waals surface area contributed by atoms with Gasteiger partial charge in [-0.15, -0.1) is 10.2 Å². The molecule has 1 amide bonds. The first-order valence-electron chi connectivity index (χ1n) is 11.2. The van der Waals surface area contributed by atoms with Crippen LogP contribution in [-0.2, 0) is 6.42 Å². The minimum Gasteiger partial charge on any atom is -0.411 e. The molecule has 1 aliphatic heterocycles. The molecule has 6 rings (SSSR count). The Kier molecular flexibility index (Phi) is 4.72. The van der Waals surface area contributed by atoms with Gasteiger partial charge in [-0.1, -0.05) is 26.0 Å². The molecule has 0 unspecified atom stereocenters. The maximum Gasteiger partial charge on any atom is 0.312 e. The summed E-state index contributed by atoms with van der Waals surface area (Å²) in [6, 6.07) is 11.0. The van der Waals surface area contributed by atoms with Gasteiger partial charge in [0.2, 0.25) is 0 Å². The third kappa shape index (κ3) is 3.26. The Morgan fingerprint density at radius 3 is 2.91 bits per heavy atom. The molecule has 0 spiro atoms. The molecule has 0 fully saturated rings. The van der Waals surface area contributed by atoms with Crippen LogP contribution in [0, 0.1) is 0 Å². The molecule has 6 heterocycles. The van der Waals surface area contributed by atoms with E-state index in [-0.39, 0.29) is 17.7 Å². The van der Waals surface area contributed by atoms with Crippen molar-refractivity contribution in [2.45, 2.75) is 32.2 Å². The van der Waals surface area contributed by atoms with Gasteiger partial charge in [0, 0.05) is 31.1 Å². The van der Waals surface area contributed by atoms with Crippen LogP contribution in [0.1, 0.15) is 59.1 Å². The van der Waals surface area contributed by atoms with E-state index >= 15 is 0 Å². The number of aromatic nitrogens is 7. The lowest BCUT2D eigenvalue weighted by atomic mass is 9.98. The van der Waals surface area contributed by atoms with E-state index < -0.39 is 6.04 Å². The summed E-state index contributed by atoms with van der Waals surface area (Å²) in [6.07, 6.45) is 5.86. The molecule has 170 valence electrons. The van der Waals surface area contributed by atoms with Crippen molar-refractivity contribution in [1.82, 2.24) is 39.7 Å². The highest BCUT2D eigenvalue weighted by molar-refractivity contribution is 5.90. The molecule has 0 aliphatic carbocycles. The Labute approximate surface area is 194 Å². The molecule has 1 N–H and O–H groups in total. The van der Waals surface area contributed by atoms with Gasteiger partial charge in [0.1, 0.15) is 11.7 Å². The first-order valence-corrected chi connectivity index (χ1v) is 11.2. The van der Waals surface area contributed by atoms with Crippen molar-refractivity contribution in [2.24, 2.45) is 0 Å². The van der Waals surface area contributed by atoms with Gasteiger partial charge in [-0.2, -0.15) is 5.10 Å². The predicted octanol–water partition coefficient (Wildman–Crippen LogP) is 3.41. The summed E-state index contributed by atoms with van der Waals surface area (Å²) in [5.74, 6) is 0.0831. The number of amides is 1. The van der Waals surface area contributed by atoms with Gasteiger partial charge in [-0.05, 0) is 35.7 Å². The Morgan fingerprint density at radius 1 is 1.18 bits per heavy atom. The average Bonchev–Trinajstić information content (AvgIpc) is 3.62. The van der Waals surface area contributed by atoms with E-state index in [1.165, 1.54) is 5.56 Å². The lowest BCUT2D eigenvalue weighted by Gasteiger charge is -2.32. The lowest BCUT2D eigenvalue weighted by Crippen LogP contribution is -2.41. The minimum absolute atomic E-state index is 0.0868. The standard InChI is InChI=1S/C24H22N8O2/c1-14(2)15-6-5-10-32-19(15)12-18(30-32)21-20-16(26-13-27-20)8-11-31(21)24(33)23-29-28-22(34-23)17-7-3-4-9-25-17/h3-7,9-10,12-14,21H,8,11H2,1-2H3,(H,26,27)/t21-/m0/s1. The molecule has 5 aromatic rings. The van der Waals surface area contributed by atoms with Crippen molar-refractivity contribution in [1.29, 1.82) is 0 Å². The number of fused-ring (bicyclic) bond motifs is 2. The topological polar surface area (TPSA) is 118 Å². The van der Waals surface area contributed by atoms with E-state index in [2.05, 4.69) is 45.1 Å². The van der Waals surface area contributed by atoms with Crippen molar-refractivity contribution >= 4 is 11.4 Å². The van der Waals surface area contributed by atoms with Gasteiger partial charge in [0.15, 0.2) is 0 Å². The third-order valence-corrected chi connectivity index (χ3v) is 6.13. The number of nitrogens with zero attached hydrogens (tertiary/aromatic N) is 7. The number of pyridine rings is 2. The Bertz CT molecular complexity index is 1480. The van der Waals surface area contributed by atoms with Crippen LogP contribution < -0.4 is 0 Å². The van der Waals surface area contributed by atoms with E-state index in [1.54, 1.807) is 29.6 Å². The molecule has 0 saturated heterocycles. The summed E-state index contributed by atoms with van der Waals surface area (Å²) >= 11 is 0. The van der Waals surface area contributed by atoms with Gasteiger partial charge in [-0.3, -0.25) is 9.78 Å². The molecule has 1 aliphatic rings. The molecular formula is C24H22N8O2. The monoisotopic (exact) mass is 454 g/mol. The zero-order valence-electron chi connectivity index (χ0n) is 18.7. The highest BCUT2D eigenvalue weighted by atomic mass is 16.4. The zero-order valence-corrected chi connectivity index (χ0v) is 18.7. The van der Waals surface area contributed by atoms with Crippen LogP contribution in [0.5, 0.6) is 0 Å². The normalized spacial score (nSPS) is 15.7.